The summed E-state index contributed by atoms with van der Waals surface area (Å²) < 4.78 is 1.65. The largest absolute Gasteiger partial charge is 0.272 e. The van der Waals surface area contributed by atoms with Crippen molar-refractivity contribution in [1.82, 2.24) is 14.8 Å². The van der Waals surface area contributed by atoms with Crippen LogP contribution in [0.3, 0.4) is 0 Å². The Labute approximate surface area is 91.7 Å². The van der Waals surface area contributed by atoms with Crippen LogP contribution in [0.25, 0.3) is 0 Å². The highest BCUT2D eigenvalue weighted by Gasteiger charge is 2.11. The SMILES string of the molecule is O=[N+]([O-])c1ccccc1CCn1cncn1. The fourth-order valence-electron chi connectivity index (χ4n) is 1.48. The molecule has 0 bridgehead atoms. The molecule has 0 saturated heterocycles. The van der Waals surface area contributed by atoms with Gasteiger partial charge in [-0.3, -0.25) is 14.8 Å². The van der Waals surface area contributed by atoms with Gasteiger partial charge in [0, 0.05) is 18.2 Å². The molecule has 0 spiro atoms. The van der Waals surface area contributed by atoms with Crippen LogP contribution in [0.5, 0.6) is 0 Å². The van der Waals surface area contributed by atoms with Crippen molar-refractivity contribution >= 4 is 5.69 Å². The molecule has 2 aromatic rings. The van der Waals surface area contributed by atoms with Crippen LogP contribution < -0.4 is 0 Å². The third-order valence-electron chi connectivity index (χ3n) is 2.27. The second-order valence-electron chi connectivity index (χ2n) is 3.29. The van der Waals surface area contributed by atoms with Gasteiger partial charge < -0.3 is 0 Å². The minimum Gasteiger partial charge on any atom is -0.258 e. The van der Waals surface area contributed by atoms with Crippen molar-refractivity contribution in [3.05, 3.63) is 52.6 Å². The average molecular weight is 218 g/mol. The van der Waals surface area contributed by atoms with E-state index in [9.17, 15) is 10.1 Å². The van der Waals surface area contributed by atoms with Crippen molar-refractivity contribution in [2.24, 2.45) is 0 Å². The summed E-state index contributed by atoms with van der Waals surface area (Å²) in [7, 11) is 0. The summed E-state index contributed by atoms with van der Waals surface area (Å²) in [6.45, 7) is 0.588. The summed E-state index contributed by atoms with van der Waals surface area (Å²) in [5, 5.41) is 14.7. The smallest absolute Gasteiger partial charge is 0.258 e. The van der Waals surface area contributed by atoms with Crippen molar-refractivity contribution in [3.8, 4) is 0 Å². The van der Waals surface area contributed by atoms with E-state index in [0.29, 0.717) is 18.5 Å². The van der Waals surface area contributed by atoms with E-state index in [1.54, 1.807) is 29.2 Å². The number of rotatable bonds is 4. The monoisotopic (exact) mass is 218 g/mol. The molecule has 0 atom stereocenters. The molecular formula is C10H10N4O2. The highest BCUT2D eigenvalue weighted by Crippen LogP contribution is 2.18. The van der Waals surface area contributed by atoms with E-state index < -0.39 is 0 Å². The first-order chi connectivity index (χ1) is 7.77. The lowest BCUT2D eigenvalue weighted by Gasteiger charge is -2.02. The molecule has 82 valence electrons. The molecule has 0 radical (unpaired) electrons. The molecule has 2 rings (SSSR count). The molecule has 0 aliphatic rings. The minimum absolute atomic E-state index is 0.155. The predicted octanol–water partition coefficient (Wildman–Crippen LogP) is 1.43. The van der Waals surface area contributed by atoms with Gasteiger partial charge in [-0.2, -0.15) is 5.10 Å². The van der Waals surface area contributed by atoms with Gasteiger partial charge in [0.2, 0.25) is 0 Å². The fraction of sp³-hybridized carbons (Fsp3) is 0.200. The van der Waals surface area contributed by atoms with E-state index in [4.69, 9.17) is 0 Å². The van der Waals surface area contributed by atoms with Gasteiger partial charge in [0.05, 0.1) is 4.92 Å². The van der Waals surface area contributed by atoms with Crippen LogP contribution in [0.4, 0.5) is 5.69 Å². The second kappa shape index (κ2) is 4.52. The lowest BCUT2D eigenvalue weighted by Crippen LogP contribution is -2.03. The molecule has 1 heterocycles. The third-order valence-corrected chi connectivity index (χ3v) is 2.27. The Morgan fingerprint density at radius 2 is 2.19 bits per heavy atom. The van der Waals surface area contributed by atoms with Crippen LogP contribution >= 0.6 is 0 Å². The standard InChI is InChI=1S/C10H10N4O2/c15-14(16)10-4-2-1-3-9(10)5-6-13-8-11-7-12-13/h1-4,7-8H,5-6H2. The Morgan fingerprint density at radius 3 is 2.88 bits per heavy atom. The molecule has 1 aromatic carbocycles. The minimum atomic E-state index is -0.364. The van der Waals surface area contributed by atoms with Crippen LogP contribution in [-0.2, 0) is 13.0 Å². The van der Waals surface area contributed by atoms with Gasteiger partial charge in [-0.05, 0) is 6.42 Å². The zero-order valence-electron chi connectivity index (χ0n) is 8.48. The molecule has 1 aromatic heterocycles. The number of para-hydroxylation sites is 1. The molecular weight excluding hydrogens is 208 g/mol. The van der Waals surface area contributed by atoms with Gasteiger partial charge >= 0.3 is 0 Å². The normalized spacial score (nSPS) is 10.2. The first-order valence-corrected chi connectivity index (χ1v) is 4.82. The lowest BCUT2D eigenvalue weighted by atomic mass is 10.1. The third kappa shape index (κ3) is 2.22. The van der Waals surface area contributed by atoms with Crippen LogP contribution in [0.15, 0.2) is 36.9 Å². The molecule has 0 amide bonds. The van der Waals surface area contributed by atoms with Gasteiger partial charge in [0.1, 0.15) is 12.7 Å². The maximum atomic E-state index is 10.8. The zero-order valence-corrected chi connectivity index (χ0v) is 8.48. The zero-order chi connectivity index (χ0) is 11.4. The molecule has 0 N–H and O–H groups in total. The molecule has 16 heavy (non-hydrogen) atoms. The number of benzene rings is 1. The number of hydrogen-bond acceptors (Lipinski definition) is 4. The van der Waals surface area contributed by atoms with Crippen LogP contribution in [0.1, 0.15) is 5.56 Å². The highest BCUT2D eigenvalue weighted by molar-refractivity contribution is 5.39. The summed E-state index contributed by atoms with van der Waals surface area (Å²) in [4.78, 5) is 14.2. The average Bonchev–Trinajstić information content (AvgIpc) is 2.79. The van der Waals surface area contributed by atoms with Crippen LogP contribution in [0.2, 0.25) is 0 Å². The number of nitrogens with zero attached hydrogens (tertiary/aromatic N) is 4. The molecule has 6 nitrogen and oxygen atoms in total. The Morgan fingerprint density at radius 1 is 1.38 bits per heavy atom. The summed E-state index contributed by atoms with van der Waals surface area (Å²) in [5.74, 6) is 0. The summed E-state index contributed by atoms with van der Waals surface area (Å²) in [5.41, 5.74) is 0.866. The Bertz CT molecular complexity index is 481. The number of nitro benzene ring substituents is 1. The molecule has 0 fully saturated rings. The van der Waals surface area contributed by atoms with Crippen LogP contribution in [0, 0.1) is 10.1 Å². The van der Waals surface area contributed by atoms with E-state index >= 15 is 0 Å². The fourth-order valence-corrected chi connectivity index (χ4v) is 1.48. The first kappa shape index (κ1) is 10.3. The molecule has 0 unspecified atom stereocenters. The summed E-state index contributed by atoms with van der Waals surface area (Å²) in [6.07, 6.45) is 3.61. The van der Waals surface area contributed by atoms with Crippen molar-refractivity contribution < 1.29 is 4.92 Å². The van der Waals surface area contributed by atoms with Gasteiger partial charge in [0.25, 0.3) is 5.69 Å². The van der Waals surface area contributed by atoms with Crippen molar-refractivity contribution in [1.29, 1.82) is 0 Å². The van der Waals surface area contributed by atoms with Gasteiger partial charge in [-0.25, -0.2) is 4.98 Å². The first-order valence-electron chi connectivity index (χ1n) is 4.82. The Kier molecular flexibility index (Phi) is 2.90. The van der Waals surface area contributed by atoms with E-state index in [1.807, 2.05) is 0 Å². The quantitative estimate of drug-likeness (QED) is 0.574. The van der Waals surface area contributed by atoms with Crippen LogP contribution in [-0.4, -0.2) is 19.7 Å². The van der Waals surface area contributed by atoms with Gasteiger partial charge in [-0.1, -0.05) is 18.2 Å². The second-order valence-corrected chi connectivity index (χ2v) is 3.29. The summed E-state index contributed by atoms with van der Waals surface area (Å²) >= 11 is 0. The molecule has 0 aliphatic carbocycles. The number of aryl methyl sites for hydroxylation is 2. The Hall–Kier alpha value is -2.24. The van der Waals surface area contributed by atoms with E-state index in [1.165, 1.54) is 12.4 Å². The highest BCUT2D eigenvalue weighted by atomic mass is 16.6. The number of nitro groups is 1. The Balaban J connectivity index is 2.12. The lowest BCUT2D eigenvalue weighted by molar-refractivity contribution is -0.385. The molecule has 0 aliphatic heterocycles. The maximum absolute atomic E-state index is 10.8. The molecule has 6 heteroatoms. The molecule has 0 saturated carbocycles. The van der Waals surface area contributed by atoms with E-state index in [-0.39, 0.29) is 10.6 Å². The van der Waals surface area contributed by atoms with Gasteiger partial charge in [-0.15, -0.1) is 0 Å². The maximum Gasteiger partial charge on any atom is 0.272 e. The van der Waals surface area contributed by atoms with Gasteiger partial charge in [0.15, 0.2) is 0 Å². The van der Waals surface area contributed by atoms with E-state index in [0.717, 1.165) is 0 Å². The van der Waals surface area contributed by atoms with E-state index in [2.05, 4.69) is 10.1 Å². The summed E-state index contributed by atoms with van der Waals surface area (Å²) in [6, 6.07) is 6.73. The predicted molar refractivity (Wildman–Crippen MR) is 56.8 cm³/mol. The van der Waals surface area contributed by atoms with Crippen molar-refractivity contribution in [2.45, 2.75) is 13.0 Å². The topological polar surface area (TPSA) is 73.8 Å². The van der Waals surface area contributed by atoms with Crippen molar-refractivity contribution in [3.63, 3.8) is 0 Å². The van der Waals surface area contributed by atoms with Crippen molar-refractivity contribution in [2.75, 3.05) is 0 Å². The number of hydrogen-bond donors (Lipinski definition) is 0. The number of aromatic nitrogens is 3.